The van der Waals surface area contributed by atoms with Crippen molar-refractivity contribution in [2.75, 3.05) is 5.32 Å². The first kappa shape index (κ1) is 16.5. The highest BCUT2D eigenvalue weighted by Gasteiger charge is 2.17. The fraction of sp³-hybridized carbons (Fsp3) is 0.588. The van der Waals surface area contributed by atoms with Crippen LogP contribution < -0.4 is 10.6 Å². The molecule has 0 radical (unpaired) electrons. The van der Waals surface area contributed by atoms with Crippen LogP contribution in [0.2, 0.25) is 0 Å². The van der Waals surface area contributed by atoms with Gasteiger partial charge in [0, 0.05) is 11.7 Å². The molecule has 0 heterocycles. The molecule has 2 amide bonds. The number of carbonyl (C=O) groups is 1. The number of anilines is 1. The van der Waals surface area contributed by atoms with Gasteiger partial charge in [-0.15, -0.1) is 0 Å². The highest BCUT2D eigenvalue weighted by molar-refractivity contribution is 5.89. The van der Waals surface area contributed by atoms with Gasteiger partial charge in [0.15, 0.2) is 0 Å². The molecule has 1 atom stereocenters. The zero-order valence-corrected chi connectivity index (χ0v) is 13.2. The number of urea groups is 1. The van der Waals surface area contributed by atoms with Crippen LogP contribution in [0.5, 0.6) is 0 Å². The van der Waals surface area contributed by atoms with E-state index in [0.717, 1.165) is 18.5 Å². The van der Waals surface area contributed by atoms with Crippen LogP contribution in [0.3, 0.4) is 0 Å². The summed E-state index contributed by atoms with van der Waals surface area (Å²) in [6.45, 7) is 8.53. The van der Waals surface area contributed by atoms with E-state index in [1.54, 1.807) is 0 Å². The van der Waals surface area contributed by atoms with Gasteiger partial charge >= 0.3 is 6.03 Å². The fourth-order valence-corrected chi connectivity index (χ4v) is 2.51. The first-order chi connectivity index (χ1) is 9.56. The van der Waals surface area contributed by atoms with Crippen LogP contribution in [0.25, 0.3) is 0 Å². The van der Waals surface area contributed by atoms with Gasteiger partial charge in [0.05, 0.1) is 0 Å². The van der Waals surface area contributed by atoms with Crippen LogP contribution >= 0.6 is 0 Å². The van der Waals surface area contributed by atoms with E-state index in [-0.39, 0.29) is 12.1 Å². The standard InChI is InChI=1S/C17H28N2O/c1-5-7-15(8-6-2)14(4)18-17(20)19-16-11-9-13(3)10-12-16/h9-12,14-15H,5-8H2,1-4H3,(H2,18,19,20). The van der Waals surface area contributed by atoms with Crippen molar-refractivity contribution in [3.05, 3.63) is 29.8 Å². The van der Waals surface area contributed by atoms with E-state index in [9.17, 15) is 4.79 Å². The minimum atomic E-state index is -0.112. The molecule has 0 saturated heterocycles. The van der Waals surface area contributed by atoms with Gasteiger partial charge in [-0.1, -0.05) is 44.4 Å². The molecule has 1 rings (SSSR count). The maximum absolute atomic E-state index is 12.0. The molecule has 3 heteroatoms. The Labute approximate surface area is 123 Å². The Bertz CT molecular complexity index is 394. The van der Waals surface area contributed by atoms with E-state index in [0.29, 0.717) is 5.92 Å². The summed E-state index contributed by atoms with van der Waals surface area (Å²) in [5.74, 6) is 0.564. The number of hydrogen-bond donors (Lipinski definition) is 2. The van der Waals surface area contributed by atoms with Gasteiger partial charge in [0.2, 0.25) is 0 Å². The largest absolute Gasteiger partial charge is 0.335 e. The molecule has 0 bridgehead atoms. The van der Waals surface area contributed by atoms with Crippen molar-refractivity contribution in [1.29, 1.82) is 0 Å². The van der Waals surface area contributed by atoms with E-state index < -0.39 is 0 Å². The minimum absolute atomic E-state index is 0.112. The lowest BCUT2D eigenvalue weighted by Crippen LogP contribution is -2.40. The van der Waals surface area contributed by atoms with Gasteiger partial charge in [0.1, 0.15) is 0 Å². The lowest BCUT2D eigenvalue weighted by atomic mass is 9.91. The van der Waals surface area contributed by atoms with Crippen molar-refractivity contribution in [2.45, 2.75) is 59.4 Å². The maximum Gasteiger partial charge on any atom is 0.319 e. The zero-order chi connectivity index (χ0) is 15.0. The number of benzene rings is 1. The number of carbonyl (C=O) groups excluding carboxylic acids is 1. The second-order valence-electron chi connectivity index (χ2n) is 5.59. The first-order valence-corrected chi connectivity index (χ1v) is 7.71. The maximum atomic E-state index is 12.0. The number of nitrogens with one attached hydrogen (secondary N) is 2. The van der Waals surface area contributed by atoms with Crippen molar-refractivity contribution < 1.29 is 4.79 Å². The Kier molecular flexibility index (Phi) is 7.13. The molecule has 3 nitrogen and oxygen atoms in total. The van der Waals surface area contributed by atoms with E-state index >= 15 is 0 Å². The average molecular weight is 276 g/mol. The summed E-state index contributed by atoms with van der Waals surface area (Å²) in [6, 6.07) is 7.94. The van der Waals surface area contributed by atoms with Gasteiger partial charge in [-0.25, -0.2) is 4.79 Å². The molecule has 1 aromatic carbocycles. The highest BCUT2D eigenvalue weighted by Crippen LogP contribution is 2.18. The lowest BCUT2D eigenvalue weighted by molar-refractivity contribution is 0.241. The van der Waals surface area contributed by atoms with Crippen LogP contribution in [0.1, 0.15) is 52.0 Å². The van der Waals surface area contributed by atoms with E-state index in [4.69, 9.17) is 0 Å². The molecule has 0 aromatic heterocycles. The highest BCUT2D eigenvalue weighted by atomic mass is 16.2. The summed E-state index contributed by atoms with van der Waals surface area (Å²) in [6.07, 6.45) is 4.66. The number of rotatable bonds is 7. The Hall–Kier alpha value is -1.51. The molecular weight excluding hydrogens is 248 g/mol. The van der Waals surface area contributed by atoms with Crippen molar-refractivity contribution in [3.8, 4) is 0 Å². The van der Waals surface area contributed by atoms with Crippen molar-refractivity contribution in [1.82, 2.24) is 5.32 Å². The lowest BCUT2D eigenvalue weighted by Gasteiger charge is -2.24. The van der Waals surface area contributed by atoms with Crippen LogP contribution in [0.15, 0.2) is 24.3 Å². The van der Waals surface area contributed by atoms with Crippen LogP contribution in [-0.2, 0) is 0 Å². The molecule has 112 valence electrons. The molecule has 0 aliphatic carbocycles. The van der Waals surface area contributed by atoms with Gasteiger partial charge in [0.25, 0.3) is 0 Å². The summed E-state index contributed by atoms with van der Waals surface area (Å²) >= 11 is 0. The molecule has 0 aliphatic heterocycles. The summed E-state index contributed by atoms with van der Waals surface area (Å²) in [7, 11) is 0. The second kappa shape index (κ2) is 8.62. The topological polar surface area (TPSA) is 41.1 Å². The summed E-state index contributed by atoms with van der Waals surface area (Å²) < 4.78 is 0. The number of hydrogen-bond acceptors (Lipinski definition) is 1. The molecule has 0 saturated carbocycles. The molecule has 2 N–H and O–H groups in total. The normalized spacial score (nSPS) is 12.2. The number of aryl methyl sites for hydroxylation is 1. The summed E-state index contributed by atoms with van der Waals surface area (Å²) in [4.78, 5) is 12.0. The van der Waals surface area contributed by atoms with Crippen LogP contribution in [0.4, 0.5) is 10.5 Å². The molecule has 1 unspecified atom stereocenters. The fourth-order valence-electron chi connectivity index (χ4n) is 2.51. The van der Waals surface area contributed by atoms with Crippen LogP contribution in [-0.4, -0.2) is 12.1 Å². The van der Waals surface area contributed by atoms with E-state index in [2.05, 4.69) is 31.4 Å². The molecule has 1 aromatic rings. The SMILES string of the molecule is CCCC(CCC)C(C)NC(=O)Nc1ccc(C)cc1. The van der Waals surface area contributed by atoms with Gasteiger partial charge < -0.3 is 10.6 Å². The Balaban J connectivity index is 2.49. The minimum Gasteiger partial charge on any atom is -0.335 e. The molecule has 0 spiro atoms. The Morgan fingerprint density at radius 3 is 2.15 bits per heavy atom. The molecular formula is C17H28N2O. The third-order valence-corrected chi connectivity index (χ3v) is 3.69. The summed E-state index contributed by atoms with van der Waals surface area (Å²) in [5, 5.41) is 5.95. The van der Waals surface area contributed by atoms with Crippen molar-refractivity contribution >= 4 is 11.7 Å². The molecule has 20 heavy (non-hydrogen) atoms. The quantitative estimate of drug-likeness (QED) is 0.743. The van der Waals surface area contributed by atoms with Crippen LogP contribution in [0, 0.1) is 12.8 Å². The van der Waals surface area contributed by atoms with E-state index in [1.807, 2.05) is 31.2 Å². The predicted molar refractivity (Wildman–Crippen MR) is 86.1 cm³/mol. The third-order valence-electron chi connectivity index (χ3n) is 3.69. The van der Waals surface area contributed by atoms with Gasteiger partial charge in [-0.3, -0.25) is 0 Å². The second-order valence-corrected chi connectivity index (χ2v) is 5.59. The Morgan fingerprint density at radius 1 is 1.10 bits per heavy atom. The first-order valence-electron chi connectivity index (χ1n) is 7.71. The van der Waals surface area contributed by atoms with E-state index in [1.165, 1.54) is 18.4 Å². The molecule has 0 fully saturated rings. The zero-order valence-electron chi connectivity index (χ0n) is 13.2. The van der Waals surface area contributed by atoms with Gasteiger partial charge in [-0.05, 0) is 44.7 Å². The van der Waals surface area contributed by atoms with Gasteiger partial charge in [-0.2, -0.15) is 0 Å². The average Bonchev–Trinajstić information content (AvgIpc) is 2.41. The third kappa shape index (κ3) is 5.64. The Morgan fingerprint density at radius 2 is 1.65 bits per heavy atom. The van der Waals surface area contributed by atoms with Crippen molar-refractivity contribution in [3.63, 3.8) is 0 Å². The predicted octanol–water partition coefficient (Wildman–Crippen LogP) is 4.72. The number of amides is 2. The van der Waals surface area contributed by atoms with Crippen molar-refractivity contribution in [2.24, 2.45) is 5.92 Å². The summed E-state index contributed by atoms with van der Waals surface area (Å²) in [5.41, 5.74) is 2.03. The smallest absolute Gasteiger partial charge is 0.319 e. The molecule has 0 aliphatic rings. The monoisotopic (exact) mass is 276 g/mol.